The van der Waals surface area contributed by atoms with Crippen LogP contribution in [0.1, 0.15) is 33.9 Å². The van der Waals surface area contributed by atoms with Crippen molar-refractivity contribution in [1.82, 2.24) is 14.6 Å². The Morgan fingerprint density at radius 1 is 1.32 bits per heavy atom. The first-order valence-corrected chi connectivity index (χ1v) is 13.6. The third-order valence-corrected chi connectivity index (χ3v) is 7.57. The van der Waals surface area contributed by atoms with E-state index in [1.54, 1.807) is 13.8 Å². The minimum atomic E-state index is -4.28. The number of carbonyl (C=O) groups is 1. The molecule has 1 fully saturated rings. The molecule has 1 aromatic carbocycles. The zero-order valence-electron chi connectivity index (χ0n) is 20.5. The fourth-order valence-corrected chi connectivity index (χ4v) is 5.40. The third-order valence-electron chi connectivity index (χ3n) is 5.36. The van der Waals surface area contributed by atoms with E-state index in [2.05, 4.69) is 10.1 Å². The molecular weight excluding hydrogens is 549 g/mol. The van der Waals surface area contributed by atoms with Gasteiger partial charge in [0.15, 0.2) is 11.0 Å². The summed E-state index contributed by atoms with van der Waals surface area (Å²) in [7, 11) is -4.28. The molecule has 1 aliphatic heterocycles. The molecule has 0 bridgehead atoms. The minimum absolute atomic E-state index is 0.0394. The summed E-state index contributed by atoms with van der Waals surface area (Å²) >= 11 is 11.0. The first-order chi connectivity index (χ1) is 17.2. The van der Waals surface area contributed by atoms with E-state index < -0.39 is 62.1 Å². The summed E-state index contributed by atoms with van der Waals surface area (Å²) in [5.41, 5.74) is -2.32. The number of hydrogen-bond donors (Lipinski definition) is 4. The molecule has 0 aliphatic carbocycles. The summed E-state index contributed by atoms with van der Waals surface area (Å²) in [6.07, 6.45) is -3.01. The molecule has 1 aliphatic rings. The van der Waals surface area contributed by atoms with Gasteiger partial charge in [-0.3, -0.25) is 23.7 Å². The van der Waals surface area contributed by atoms with Crippen molar-refractivity contribution in [2.45, 2.75) is 63.9 Å². The van der Waals surface area contributed by atoms with Crippen molar-refractivity contribution in [1.29, 1.82) is 0 Å². The first kappa shape index (κ1) is 29.5. The number of carbonyl (C=O) groups excluding carboxylic acids is 1. The van der Waals surface area contributed by atoms with Crippen molar-refractivity contribution >= 4 is 37.5 Å². The number of aromatic amines is 1. The van der Waals surface area contributed by atoms with Crippen molar-refractivity contribution in [2.24, 2.45) is 0 Å². The normalized spacial score (nSPS) is 26.0. The van der Waals surface area contributed by atoms with Gasteiger partial charge >= 0.3 is 13.7 Å². The van der Waals surface area contributed by atoms with Gasteiger partial charge in [-0.05, 0) is 64.2 Å². The van der Waals surface area contributed by atoms with Gasteiger partial charge in [0.1, 0.15) is 29.6 Å². The number of aliphatic hydroxyl groups excluding tert-OH is 1. The van der Waals surface area contributed by atoms with Crippen molar-refractivity contribution in [3.8, 4) is 5.75 Å². The Labute approximate surface area is 223 Å². The summed E-state index contributed by atoms with van der Waals surface area (Å²) in [4.78, 5) is 26.2. The number of hydrogen-bond acceptors (Lipinski definition) is 10. The molecule has 2 aromatic rings. The van der Waals surface area contributed by atoms with E-state index in [-0.39, 0.29) is 10.5 Å². The maximum atomic E-state index is 13.7. The fraction of sp³-hybridized carbons (Fsp3) is 0.500. The number of aromatic nitrogens is 2. The van der Waals surface area contributed by atoms with E-state index in [9.17, 15) is 24.4 Å². The molecule has 3 rings (SSSR count). The number of halogens is 1. The second kappa shape index (κ2) is 11.7. The number of rotatable bonds is 10. The summed E-state index contributed by atoms with van der Waals surface area (Å²) in [6.45, 7) is 5.56. The molecule has 1 aromatic heterocycles. The molecule has 15 heteroatoms. The second-order valence-corrected chi connectivity index (χ2v) is 11.4. The Bertz CT molecular complexity index is 1270. The van der Waals surface area contributed by atoms with Crippen LogP contribution in [0.15, 0.2) is 41.3 Å². The highest BCUT2D eigenvalue weighted by atomic mass is 35.5. The number of aliphatic hydroxyl groups is 2. The van der Waals surface area contributed by atoms with Crippen LogP contribution in [0.2, 0.25) is 5.02 Å². The number of H-pyrrole nitrogens is 1. The summed E-state index contributed by atoms with van der Waals surface area (Å²) in [5.74, 6) is -0.562. The van der Waals surface area contributed by atoms with Crippen LogP contribution in [0, 0.1) is 4.77 Å². The van der Waals surface area contributed by atoms with Gasteiger partial charge in [0.2, 0.25) is 0 Å². The van der Waals surface area contributed by atoms with Gasteiger partial charge in [-0.15, -0.1) is 0 Å². The van der Waals surface area contributed by atoms with E-state index in [0.29, 0.717) is 5.02 Å². The highest BCUT2D eigenvalue weighted by Crippen LogP contribution is 2.47. The predicted molar refractivity (Wildman–Crippen MR) is 136 cm³/mol. The smallest absolute Gasteiger partial charge is 0.459 e. The Morgan fingerprint density at radius 2 is 1.97 bits per heavy atom. The van der Waals surface area contributed by atoms with Gasteiger partial charge < -0.3 is 24.2 Å². The molecule has 0 saturated carbocycles. The van der Waals surface area contributed by atoms with Crippen LogP contribution in [0.4, 0.5) is 0 Å². The third kappa shape index (κ3) is 7.27. The highest BCUT2D eigenvalue weighted by molar-refractivity contribution is 7.71. The highest BCUT2D eigenvalue weighted by Gasteiger charge is 2.53. The lowest BCUT2D eigenvalue weighted by molar-refractivity contribution is -0.149. The van der Waals surface area contributed by atoms with E-state index in [0.717, 1.165) is 0 Å². The van der Waals surface area contributed by atoms with Crippen molar-refractivity contribution in [3.05, 3.63) is 56.7 Å². The molecule has 0 amide bonds. The van der Waals surface area contributed by atoms with Crippen LogP contribution in [-0.4, -0.2) is 62.3 Å². The molecule has 12 nitrogen and oxygen atoms in total. The number of esters is 1. The standard InChI is InChI=1S/C22H29ClN3O9PS/c1-12(2)33-19(29)13(3)25-36(31,35-15-7-5-14(23)6-8-15)32-11-16-18(28)22(4,30)20(34-16)26-10-9-17(27)24-21(26)37/h5-10,12-13,16,18,20,28,30H,11H2,1-4H3,(H,25,31)(H,24,27,37)/t13-,16?,18-,20+,22?,36?/m0/s1. The number of benzene rings is 1. The molecule has 2 heterocycles. The molecule has 3 unspecified atom stereocenters. The number of ether oxygens (including phenoxy) is 2. The quantitative estimate of drug-likeness (QED) is 0.187. The van der Waals surface area contributed by atoms with Gasteiger partial charge in [0.25, 0.3) is 5.56 Å². The molecule has 6 atom stereocenters. The lowest BCUT2D eigenvalue weighted by atomic mass is 9.96. The Morgan fingerprint density at radius 3 is 2.57 bits per heavy atom. The van der Waals surface area contributed by atoms with Crippen LogP contribution < -0.4 is 15.2 Å². The van der Waals surface area contributed by atoms with Gasteiger partial charge in [0.05, 0.1) is 12.7 Å². The minimum Gasteiger partial charge on any atom is -0.462 e. The Kier molecular flexibility index (Phi) is 9.36. The van der Waals surface area contributed by atoms with Gasteiger partial charge in [-0.25, -0.2) is 4.57 Å². The Balaban J connectivity index is 1.81. The average molecular weight is 578 g/mol. The van der Waals surface area contributed by atoms with Crippen molar-refractivity contribution in [3.63, 3.8) is 0 Å². The van der Waals surface area contributed by atoms with Gasteiger partial charge in [-0.2, -0.15) is 5.09 Å². The van der Waals surface area contributed by atoms with Crippen LogP contribution in [0.5, 0.6) is 5.75 Å². The van der Waals surface area contributed by atoms with Crippen molar-refractivity contribution < 1.29 is 38.1 Å². The fourth-order valence-electron chi connectivity index (χ4n) is 3.51. The van der Waals surface area contributed by atoms with Crippen LogP contribution in [0.25, 0.3) is 0 Å². The lowest BCUT2D eigenvalue weighted by Crippen LogP contribution is -2.45. The number of nitrogens with one attached hydrogen (secondary N) is 2. The van der Waals surface area contributed by atoms with E-state index >= 15 is 0 Å². The molecule has 4 N–H and O–H groups in total. The van der Waals surface area contributed by atoms with Gasteiger partial charge in [-0.1, -0.05) is 11.6 Å². The second-order valence-electron chi connectivity index (χ2n) is 8.89. The average Bonchev–Trinajstić information content (AvgIpc) is 3.02. The van der Waals surface area contributed by atoms with Crippen LogP contribution in [0.3, 0.4) is 0 Å². The Hall–Kier alpha value is -2.09. The lowest BCUT2D eigenvalue weighted by Gasteiger charge is -2.28. The largest absolute Gasteiger partial charge is 0.462 e. The van der Waals surface area contributed by atoms with E-state index in [1.807, 2.05) is 0 Å². The molecular formula is C22H29ClN3O9PS. The summed E-state index contributed by atoms with van der Waals surface area (Å²) < 4.78 is 37.0. The molecule has 1 saturated heterocycles. The number of nitrogens with zero attached hydrogens (tertiary/aromatic N) is 1. The zero-order chi connectivity index (χ0) is 27.5. The monoisotopic (exact) mass is 577 g/mol. The topological polar surface area (TPSA) is 161 Å². The molecule has 37 heavy (non-hydrogen) atoms. The first-order valence-electron chi connectivity index (χ1n) is 11.3. The molecule has 0 spiro atoms. The maximum Gasteiger partial charge on any atom is 0.459 e. The van der Waals surface area contributed by atoms with Crippen molar-refractivity contribution in [2.75, 3.05) is 6.61 Å². The van der Waals surface area contributed by atoms with E-state index in [4.69, 9.17) is 42.3 Å². The summed E-state index contributed by atoms with van der Waals surface area (Å²) in [5, 5.41) is 24.7. The summed E-state index contributed by atoms with van der Waals surface area (Å²) in [6, 6.07) is 6.02. The maximum absolute atomic E-state index is 13.7. The van der Waals surface area contributed by atoms with Crippen LogP contribution >= 0.6 is 31.6 Å². The van der Waals surface area contributed by atoms with E-state index in [1.165, 1.54) is 54.9 Å². The zero-order valence-corrected chi connectivity index (χ0v) is 23.0. The van der Waals surface area contributed by atoms with Gasteiger partial charge in [0, 0.05) is 17.3 Å². The predicted octanol–water partition coefficient (Wildman–Crippen LogP) is 2.70. The SMILES string of the molecule is CC(C)OC(=O)[C@H](C)NP(=O)(OCC1O[C@@H](n2ccc(=O)[nH]c2=S)C(C)(O)[C@H]1O)Oc1ccc(Cl)cc1. The molecule has 0 radical (unpaired) electrons. The molecule has 204 valence electrons. The van der Waals surface area contributed by atoms with Crippen LogP contribution in [-0.2, 0) is 23.4 Å².